The van der Waals surface area contributed by atoms with Crippen molar-refractivity contribution in [2.75, 3.05) is 39.5 Å². The van der Waals surface area contributed by atoms with Crippen LogP contribution in [0.4, 0.5) is 0 Å². The van der Waals surface area contributed by atoms with Crippen molar-refractivity contribution in [3.8, 4) is 0 Å². The highest BCUT2D eigenvalue weighted by atomic mass is 32.2. The average Bonchev–Trinajstić information content (AvgIpc) is 2.65. The van der Waals surface area contributed by atoms with E-state index in [9.17, 15) is 13.2 Å². The van der Waals surface area contributed by atoms with Gasteiger partial charge < -0.3 is 15.0 Å². The molecule has 8 heteroatoms. The molecule has 1 aliphatic rings. The van der Waals surface area contributed by atoms with Gasteiger partial charge in [0.2, 0.25) is 0 Å². The van der Waals surface area contributed by atoms with Gasteiger partial charge in [-0.1, -0.05) is 18.2 Å². The van der Waals surface area contributed by atoms with E-state index in [0.717, 1.165) is 0 Å². The Morgan fingerprint density at radius 2 is 1.92 bits per heavy atom. The summed E-state index contributed by atoms with van der Waals surface area (Å²) >= 11 is 0. The maximum atomic E-state index is 12.3. The summed E-state index contributed by atoms with van der Waals surface area (Å²) in [6, 6.07) is 8.41. The number of benzene rings is 1. The molecule has 138 valence electrons. The van der Waals surface area contributed by atoms with Gasteiger partial charge in [-0.15, -0.1) is 0 Å². The summed E-state index contributed by atoms with van der Waals surface area (Å²) in [6.45, 7) is 1.65. The predicted octanol–water partition coefficient (Wildman–Crippen LogP) is 0.921. The van der Waals surface area contributed by atoms with Gasteiger partial charge in [-0.3, -0.25) is 9.79 Å². The number of ether oxygens (including phenoxy) is 1. The molecule has 0 spiro atoms. The second kappa shape index (κ2) is 8.84. The number of nitrogens with zero attached hydrogens (tertiary/aromatic N) is 2. The van der Waals surface area contributed by atoms with E-state index in [1.165, 1.54) is 7.11 Å². The monoisotopic (exact) mass is 367 g/mol. The first kappa shape index (κ1) is 19.2. The summed E-state index contributed by atoms with van der Waals surface area (Å²) in [5.41, 5.74) is 0. The zero-order chi connectivity index (χ0) is 18.3. The fraction of sp³-hybridized carbons (Fsp3) is 0.529. The third-order valence-electron chi connectivity index (χ3n) is 4.30. The molecule has 1 aromatic rings. The minimum atomic E-state index is -3.32. The second-order valence-electron chi connectivity index (χ2n) is 5.89. The van der Waals surface area contributed by atoms with Crippen LogP contribution in [0.3, 0.4) is 0 Å². The first-order valence-electron chi connectivity index (χ1n) is 8.29. The molecule has 0 radical (unpaired) electrons. The van der Waals surface area contributed by atoms with Crippen molar-refractivity contribution in [2.45, 2.75) is 17.7 Å². The lowest BCUT2D eigenvalue weighted by Gasteiger charge is -2.33. The zero-order valence-corrected chi connectivity index (χ0v) is 15.5. The standard InChI is InChI=1S/C17H25N3O4S/c1-18-17(20-11-8-14(9-12-20)16(21)24-2)19-10-13-25(22,23)15-6-4-3-5-7-15/h3-7,14H,8-13H2,1-2H3,(H,18,19). The van der Waals surface area contributed by atoms with Gasteiger partial charge in [0.25, 0.3) is 0 Å². The Morgan fingerprint density at radius 1 is 1.28 bits per heavy atom. The molecular formula is C17H25N3O4S. The molecule has 0 saturated carbocycles. The molecule has 1 aromatic carbocycles. The van der Waals surface area contributed by atoms with E-state index in [1.54, 1.807) is 37.4 Å². The van der Waals surface area contributed by atoms with Crippen LogP contribution in [0.25, 0.3) is 0 Å². The number of aliphatic imine (C=N–C) groups is 1. The number of hydrogen-bond donors (Lipinski definition) is 1. The molecule has 0 bridgehead atoms. The number of sulfone groups is 1. The van der Waals surface area contributed by atoms with Crippen molar-refractivity contribution in [1.82, 2.24) is 10.2 Å². The molecule has 0 atom stereocenters. The van der Waals surface area contributed by atoms with Crippen molar-refractivity contribution in [2.24, 2.45) is 10.9 Å². The topological polar surface area (TPSA) is 88.1 Å². The molecule has 1 saturated heterocycles. The fourth-order valence-electron chi connectivity index (χ4n) is 2.87. The van der Waals surface area contributed by atoms with Crippen LogP contribution in [-0.2, 0) is 19.4 Å². The molecule has 1 heterocycles. The van der Waals surface area contributed by atoms with Crippen molar-refractivity contribution in [1.29, 1.82) is 0 Å². The van der Waals surface area contributed by atoms with Crippen molar-refractivity contribution < 1.29 is 17.9 Å². The predicted molar refractivity (Wildman–Crippen MR) is 96.2 cm³/mol. The van der Waals surface area contributed by atoms with Gasteiger partial charge in [-0.05, 0) is 25.0 Å². The van der Waals surface area contributed by atoms with Gasteiger partial charge in [0.1, 0.15) is 0 Å². The number of likely N-dealkylation sites (tertiary alicyclic amines) is 1. The molecule has 0 aromatic heterocycles. The normalized spacial score (nSPS) is 16.6. The lowest BCUT2D eigenvalue weighted by molar-refractivity contribution is -0.146. The summed E-state index contributed by atoms with van der Waals surface area (Å²) in [7, 11) is -0.243. The number of hydrogen-bond acceptors (Lipinski definition) is 5. The maximum Gasteiger partial charge on any atom is 0.308 e. The zero-order valence-electron chi connectivity index (χ0n) is 14.6. The van der Waals surface area contributed by atoms with Gasteiger partial charge >= 0.3 is 5.97 Å². The van der Waals surface area contributed by atoms with Crippen LogP contribution < -0.4 is 5.32 Å². The van der Waals surface area contributed by atoms with E-state index in [-0.39, 0.29) is 24.2 Å². The Bertz CT molecular complexity index is 696. The second-order valence-corrected chi connectivity index (χ2v) is 8.00. The number of guanidine groups is 1. The number of carbonyl (C=O) groups is 1. The molecule has 7 nitrogen and oxygen atoms in total. The summed E-state index contributed by atoms with van der Waals surface area (Å²) in [5.74, 6) is 0.412. The van der Waals surface area contributed by atoms with Crippen LogP contribution in [0.1, 0.15) is 12.8 Å². The van der Waals surface area contributed by atoms with Crippen molar-refractivity contribution >= 4 is 21.8 Å². The summed E-state index contributed by atoms with van der Waals surface area (Å²) in [4.78, 5) is 18.2. The Hall–Kier alpha value is -2.09. The number of esters is 1. The number of carbonyl (C=O) groups excluding carboxylic acids is 1. The highest BCUT2D eigenvalue weighted by molar-refractivity contribution is 7.91. The van der Waals surface area contributed by atoms with Crippen molar-refractivity contribution in [3.63, 3.8) is 0 Å². The van der Waals surface area contributed by atoms with Gasteiger partial charge in [0, 0.05) is 26.7 Å². The third kappa shape index (κ3) is 5.19. The molecule has 0 aliphatic carbocycles. The van der Waals surface area contributed by atoms with Gasteiger partial charge in [0.15, 0.2) is 15.8 Å². The van der Waals surface area contributed by atoms with Crippen LogP contribution in [0, 0.1) is 5.92 Å². The SMILES string of the molecule is CN=C(NCCS(=O)(=O)c1ccccc1)N1CCC(C(=O)OC)CC1. The number of piperidine rings is 1. The number of methoxy groups -OCH3 is 1. The van der Waals surface area contributed by atoms with Crippen LogP contribution in [0.2, 0.25) is 0 Å². The van der Waals surface area contributed by atoms with E-state index in [4.69, 9.17) is 4.74 Å². The Kier molecular flexibility index (Phi) is 6.81. The molecule has 0 amide bonds. The van der Waals surface area contributed by atoms with Gasteiger partial charge in [-0.25, -0.2) is 8.42 Å². The van der Waals surface area contributed by atoms with Crippen LogP contribution in [0.5, 0.6) is 0 Å². The highest BCUT2D eigenvalue weighted by Gasteiger charge is 2.27. The molecule has 1 N–H and O–H groups in total. The summed E-state index contributed by atoms with van der Waals surface area (Å²) < 4.78 is 29.4. The number of nitrogens with one attached hydrogen (secondary N) is 1. The Balaban J connectivity index is 1.84. The van der Waals surface area contributed by atoms with Gasteiger partial charge in [-0.2, -0.15) is 0 Å². The van der Waals surface area contributed by atoms with E-state index in [0.29, 0.717) is 36.8 Å². The molecule has 1 fully saturated rings. The first-order chi connectivity index (χ1) is 12.0. The summed E-state index contributed by atoms with van der Waals surface area (Å²) in [6.07, 6.45) is 1.41. The molecule has 25 heavy (non-hydrogen) atoms. The molecular weight excluding hydrogens is 342 g/mol. The Morgan fingerprint density at radius 3 is 2.48 bits per heavy atom. The largest absolute Gasteiger partial charge is 0.469 e. The average molecular weight is 367 g/mol. The fourth-order valence-corrected chi connectivity index (χ4v) is 4.05. The third-order valence-corrected chi connectivity index (χ3v) is 6.03. The smallest absolute Gasteiger partial charge is 0.308 e. The lowest BCUT2D eigenvalue weighted by Crippen LogP contribution is -2.47. The Labute approximate surface area is 149 Å². The van der Waals surface area contributed by atoms with E-state index in [1.807, 2.05) is 4.90 Å². The molecule has 0 unspecified atom stereocenters. The van der Waals surface area contributed by atoms with Crippen LogP contribution in [-0.4, -0.2) is 64.8 Å². The van der Waals surface area contributed by atoms with Crippen molar-refractivity contribution in [3.05, 3.63) is 30.3 Å². The molecule has 1 aliphatic heterocycles. The minimum absolute atomic E-state index is 0.00530. The van der Waals surface area contributed by atoms with Gasteiger partial charge in [0.05, 0.1) is 23.7 Å². The minimum Gasteiger partial charge on any atom is -0.469 e. The van der Waals surface area contributed by atoms with E-state index in [2.05, 4.69) is 10.3 Å². The summed E-state index contributed by atoms with van der Waals surface area (Å²) in [5, 5.41) is 3.10. The highest BCUT2D eigenvalue weighted by Crippen LogP contribution is 2.18. The van der Waals surface area contributed by atoms with Crippen LogP contribution in [0.15, 0.2) is 40.2 Å². The first-order valence-corrected chi connectivity index (χ1v) is 9.94. The quantitative estimate of drug-likeness (QED) is 0.473. The molecule has 2 rings (SSSR count). The van der Waals surface area contributed by atoms with Crippen LogP contribution >= 0.6 is 0 Å². The number of rotatable bonds is 5. The maximum absolute atomic E-state index is 12.3. The van der Waals surface area contributed by atoms with E-state index >= 15 is 0 Å². The van der Waals surface area contributed by atoms with E-state index < -0.39 is 9.84 Å². The lowest BCUT2D eigenvalue weighted by atomic mass is 9.97.